The molecule has 0 heterocycles. The van der Waals surface area contributed by atoms with Crippen LogP contribution in [0.5, 0.6) is 0 Å². The third kappa shape index (κ3) is 5.13. The molecular formula is C27H25ClN2O. The standard InChI is InChI=1S/C27H25ClN2O/c1-2-29-17-19-9-14-26-23(15-19)6-3-7-24(26)18-30-27(31)21-12-10-20(11-13-21)22-5-4-8-25(28)16-22/h3-16,29H,2,17-18H2,1H3,(H,30,31). The van der Waals surface area contributed by atoms with Gasteiger partial charge in [0.1, 0.15) is 0 Å². The zero-order valence-electron chi connectivity index (χ0n) is 17.5. The number of carbonyl (C=O) groups is 1. The number of hydrogen-bond acceptors (Lipinski definition) is 2. The van der Waals surface area contributed by atoms with Gasteiger partial charge in [-0.25, -0.2) is 0 Å². The van der Waals surface area contributed by atoms with Crippen molar-refractivity contribution < 1.29 is 4.79 Å². The molecule has 0 unspecified atom stereocenters. The van der Waals surface area contributed by atoms with Gasteiger partial charge in [-0.15, -0.1) is 0 Å². The van der Waals surface area contributed by atoms with E-state index in [4.69, 9.17) is 11.6 Å². The number of nitrogens with one attached hydrogen (secondary N) is 2. The molecule has 0 radical (unpaired) electrons. The van der Waals surface area contributed by atoms with Gasteiger partial charge in [0.15, 0.2) is 0 Å². The van der Waals surface area contributed by atoms with E-state index in [2.05, 4.69) is 47.9 Å². The maximum Gasteiger partial charge on any atom is 0.251 e. The van der Waals surface area contributed by atoms with Crippen LogP contribution in [0.1, 0.15) is 28.4 Å². The Morgan fingerprint density at radius 2 is 1.65 bits per heavy atom. The highest BCUT2D eigenvalue weighted by Crippen LogP contribution is 2.23. The molecule has 0 fully saturated rings. The highest BCUT2D eigenvalue weighted by Gasteiger charge is 2.08. The Balaban J connectivity index is 1.45. The number of carbonyl (C=O) groups excluding carboxylic acids is 1. The van der Waals surface area contributed by atoms with Gasteiger partial charge < -0.3 is 10.6 Å². The topological polar surface area (TPSA) is 41.1 Å². The number of hydrogen-bond donors (Lipinski definition) is 2. The quantitative estimate of drug-likeness (QED) is 0.368. The summed E-state index contributed by atoms with van der Waals surface area (Å²) < 4.78 is 0. The first-order chi connectivity index (χ1) is 15.1. The first kappa shape index (κ1) is 21.1. The van der Waals surface area contributed by atoms with Gasteiger partial charge in [-0.1, -0.05) is 73.1 Å². The second-order valence-corrected chi connectivity index (χ2v) is 7.96. The van der Waals surface area contributed by atoms with E-state index in [1.54, 1.807) is 0 Å². The molecule has 0 aliphatic carbocycles. The van der Waals surface area contributed by atoms with Crippen LogP contribution in [-0.4, -0.2) is 12.5 Å². The fourth-order valence-electron chi connectivity index (χ4n) is 3.69. The molecule has 31 heavy (non-hydrogen) atoms. The van der Waals surface area contributed by atoms with E-state index in [9.17, 15) is 4.79 Å². The molecule has 0 aromatic heterocycles. The van der Waals surface area contributed by atoms with Crippen molar-refractivity contribution in [3.63, 3.8) is 0 Å². The predicted molar refractivity (Wildman–Crippen MR) is 129 cm³/mol. The number of benzene rings is 4. The van der Waals surface area contributed by atoms with Crippen LogP contribution in [0.3, 0.4) is 0 Å². The molecule has 4 aromatic carbocycles. The van der Waals surface area contributed by atoms with E-state index in [-0.39, 0.29) is 5.91 Å². The fourth-order valence-corrected chi connectivity index (χ4v) is 3.88. The predicted octanol–water partition coefficient (Wildman–Crippen LogP) is 6.20. The van der Waals surface area contributed by atoms with Crippen molar-refractivity contribution in [2.45, 2.75) is 20.0 Å². The van der Waals surface area contributed by atoms with Crippen molar-refractivity contribution in [1.29, 1.82) is 0 Å². The lowest BCUT2D eigenvalue weighted by molar-refractivity contribution is 0.0951. The van der Waals surface area contributed by atoms with Gasteiger partial charge in [-0.2, -0.15) is 0 Å². The normalized spacial score (nSPS) is 10.9. The van der Waals surface area contributed by atoms with Crippen LogP contribution < -0.4 is 10.6 Å². The Labute approximate surface area is 188 Å². The molecule has 0 aliphatic heterocycles. The van der Waals surface area contributed by atoms with E-state index in [0.717, 1.165) is 29.8 Å². The van der Waals surface area contributed by atoms with Gasteiger partial charge in [0, 0.05) is 23.7 Å². The second kappa shape index (κ2) is 9.78. The van der Waals surface area contributed by atoms with Crippen molar-refractivity contribution in [1.82, 2.24) is 10.6 Å². The minimum Gasteiger partial charge on any atom is -0.348 e. The lowest BCUT2D eigenvalue weighted by Gasteiger charge is -2.11. The minimum atomic E-state index is -0.0848. The first-order valence-corrected chi connectivity index (χ1v) is 10.9. The molecule has 4 aromatic rings. The highest BCUT2D eigenvalue weighted by atomic mass is 35.5. The van der Waals surface area contributed by atoms with Crippen molar-refractivity contribution in [2.24, 2.45) is 0 Å². The lowest BCUT2D eigenvalue weighted by atomic mass is 10.0. The first-order valence-electron chi connectivity index (χ1n) is 10.5. The molecule has 1 amide bonds. The Morgan fingerprint density at radius 3 is 2.42 bits per heavy atom. The molecule has 4 heteroatoms. The maximum absolute atomic E-state index is 12.7. The molecule has 4 rings (SSSR count). The molecule has 156 valence electrons. The smallest absolute Gasteiger partial charge is 0.251 e. The van der Waals surface area contributed by atoms with Crippen LogP contribution in [0.15, 0.2) is 84.9 Å². The van der Waals surface area contributed by atoms with E-state index in [1.807, 2.05) is 54.6 Å². The van der Waals surface area contributed by atoms with Gasteiger partial charge in [-0.05, 0) is 69.9 Å². The molecule has 0 spiro atoms. The van der Waals surface area contributed by atoms with Crippen LogP contribution in [0.2, 0.25) is 5.02 Å². The molecule has 0 atom stereocenters. The Morgan fingerprint density at radius 1 is 0.839 bits per heavy atom. The van der Waals surface area contributed by atoms with E-state index < -0.39 is 0 Å². The number of halogens is 1. The summed E-state index contributed by atoms with van der Waals surface area (Å²) in [5.74, 6) is -0.0848. The van der Waals surface area contributed by atoms with Gasteiger partial charge in [0.05, 0.1) is 0 Å². The summed E-state index contributed by atoms with van der Waals surface area (Å²) in [6.45, 7) is 4.40. The molecule has 3 nitrogen and oxygen atoms in total. The third-order valence-corrected chi connectivity index (χ3v) is 5.59. The fraction of sp³-hybridized carbons (Fsp3) is 0.148. The van der Waals surface area contributed by atoms with E-state index >= 15 is 0 Å². The highest BCUT2D eigenvalue weighted by molar-refractivity contribution is 6.30. The summed E-state index contributed by atoms with van der Waals surface area (Å²) in [5, 5.41) is 9.46. The Kier molecular flexibility index (Phi) is 6.66. The van der Waals surface area contributed by atoms with E-state index in [0.29, 0.717) is 17.1 Å². The second-order valence-electron chi connectivity index (χ2n) is 7.52. The largest absolute Gasteiger partial charge is 0.348 e. The molecule has 0 aliphatic rings. The number of fused-ring (bicyclic) bond motifs is 1. The SMILES string of the molecule is CCNCc1ccc2c(CNC(=O)c3ccc(-c4cccc(Cl)c4)cc3)cccc2c1. The summed E-state index contributed by atoms with van der Waals surface area (Å²) in [7, 11) is 0. The molecule has 0 bridgehead atoms. The van der Waals surface area contributed by atoms with Crippen LogP contribution in [0.4, 0.5) is 0 Å². The van der Waals surface area contributed by atoms with Gasteiger partial charge in [-0.3, -0.25) is 4.79 Å². The number of amides is 1. The lowest BCUT2D eigenvalue weighted by Crippen LogP contribution is -2.22. The van der Waals surface area contributed by atoms with Crippen molar-refractivity contribution >= 4 is 28.3 Å². The van der Waals surface area contributed by atoms with Gasteiger partial charge >= 0.3 is 0 Å². The Hall–Kier alpha value is -3.14. The Bertz CT molecular complexity index is 1200. The maximum atomic E-state index is 12.7. The third-order valence-electron chi connectivity index (χ3n) is 5.36. The number of rotatable bonds is 7. The molecule has 0 saturated heterocycles. The summed E-state index contributed by atoms with van der Waals surface area (Å²) in [6, 6.07) is 28.0. The van der Waals surface area contributed by atoms with Gasteiger partial charge in [0.25, 0.3) is 5.91 Å². The van der Waals surface area contributed by atoms with Crippen LogP contribution in [0, 0.1) is 0 Å². The average molecular weight is 429 g/mol. The summed E-state index contributed by atoms with van der Waals surface area (Å²) in [6.07, 6.45) is 0. The zero-order chi connectivity index (χ0) is 21.6. The monoisotopic (exact) mass is 428 g/mol. The summed E-state index contributed by atoms with van der Waals surface area (Å²) >= 11 is 6.08. The van der Waals surface area contributed by atoms with Crippen molar-refractivity contribution in [3.8, 4) is 11.1 Å². The molecule has 0 saturated carbocycles. The van der Waals surface area contributed by atoms with Gasteiger partial charge in [0.2, 0.25) is 0 Å². The molecule has 2 N–H and O–H groups in total. The molecular weight excluding hydrogens is 404 g/mol. The van der Waals surface area contributed by atoms with Crippen LogP contribution in [-0.2, 0) is 13.1 Å². The average Bonchev–Trinajstić information content (AvgIpc) is 2.81. The summed E-state index contributed by atoms with van der Waals surface area (Å²) in [5.41, 5.74) is 5.07. The zero-order valence-corrected chi connectivity index (χ0v) is 18.2. The van der Waals surface area contributed by atoms with Crippen LogP contribution >= 0.6 is 11.6 Å². The minimum absolute atomic E-state index is 0.0848. The van der Waals surface area contributed by atoms with E-state index in [1.165, 1.54) is 16.3 Å². The van der Waals surface area contributed by atoms with Crippen LogP contribution in [0.25, 0.3) is 21.9 Å². The van der Waals surface area contributed by atoms with Crippen molar-refractivity contribution in [3.05, 3.63) is 107 Å². The summed E-state index contributed by atoms with van der Waals surface area (Å²) in [4.78, 5) is 12.7. The van der Waals surface area contributed by atoms with Crippen molar-refractivity contribution in [2.75, 3.05) is 6.54 Å².